The zero-order valence-electron chi connectivity index (χ0n) is 15.6. The molecule has 0 radical (unpaired) electrons. The van der Waals surface area contributed by atoms with Gasteiger partial charge in [-0.15, -0.1) is 0 Å². The smallest absolute Gasteiger partial charge is 0.249 e. The zero-order valence-corrected chi connectivity index (χ0v) is 15.6. The fourth-order valence-electron chi connectivity index (χ4n) is 2.65. The molecule has 0 fully saturated rings. The van der Waals surface area contributed by atoms with E-state index in [-0.39, 0.29) is 18.2 Å². The molecule has 2 amide bonds. The minimum absolute atomic E-state index is 0.152. The monoisotopic (exact) mass is 379 g/mol. The first-order valence-electron chi connectivity index (χ1n) is 8.73. The number of hydrogen-bond acceptors (Lipinski definition) is 5. The van der Waals surface area contributed by atoms with Crippen molar-refractivity contribution in [2.75, 3.05) is 17.7 Å². The van der Waals surface area contributed by atoms with Crippen LogP contribution in [0.1, 0.15) is 18.5 Å². The van der Waals surface area contributed by atoms with Crippen LogP contribution in [-0.2, 0) is 16.0 Å². The summed E-state index contributed by atoms with van der Waals surface area (Å²) in [5.74, 6) is 0.316. The predicted molar refractivity (Wildman–Crippen MR) is 105 cm³/mol. The molecule has 1 heterocycles. The Kier molecular flexibility index (Phi) is 6.01. The number of carbonyl (C=O) groups is 2. The van der Waals surface area contributed by atoms with E-state index in [0.29, 0.717) is 17.1 Å². The maximum absolute atomic E-state index is 12.3. The first kappa shape index (κ1) is 19.1. The van der Waals surface area contributed by atoms with Crippen LogP contribution in [0.15, 0.2) is 61.2 Å². The lowest BCUT2D eigenvalue weighted by Gasteiger charge is -2.13. The molecule has 2 N–H and O–H groups in total. The highest BCUT2D eigenvalue weighted by Crippen LogP contribution is 2.19. The van der Waals surface area contributed by atoms with Crippen LogP contribution in [-0.4, -0.2) is 33.7 Å². The summed E-state index contributed by atoms with van der Waals surface area (Å²) in [6, 6.07) is 13.8. The standard InChI is InChI=1S/C20H21N5O3/c1-14(25-13-21-12-22-25)20(27)24-17-9-7-16(8-10-17)23-19(26)11-15-5-3-4-6-18(15)28-2/h3-10,12-14H,11H2,1-2H3,(H,23,26)(H,24,27). The molecule has 1 aromatic heterocycles. The summed E-state index contributed by atoms with van der Waals surface area (Å²) in [5, 5.41) is 9.61. The summed E-state index contributed by atoms with van der Waals surface area (Å²) in [7, 11) is 1.58. The fraction of sp³-hybridized carbons (Fsp3) is 0.200. The largest absolute Gasteiger partial charge is 0.496 e. The van der Waals surface area contributed by atoms with E-state index >= 15 is 0 Å². The number of anilines is 2. The van der Waals surface area contributed by atoms with E-state index in [0.717, 1.165) is 5.56 Å². The molecule has 0 saturated carbocycles. The number of rotatable bonds is 7. The lowest BCUT2D eigenvalue weighted by molar-refractivity contribution is -0.119. The van der Waals surface area contributed by atoms with Crippen LogP contribution in [0.5, 0.6) is 5.75 Å². The number of nitrogens with zero attached hydrogens (tertiary/aromatic N) is 3. The van der Waals surface area contributed by atoms with E-state index in [1.54, 1.807) is 38.3 Å². The molecule has 2 aromatic carbocycles. The third-order valence-corrected chi connectivity index (χ3v) is 4.19. The average molecular weight is 379 g/mol. The summed E-state index contributed by atoms with van der Waals surface area (Å²) in [6.45, 7) is 1.73. The molecule has 0 spiro atoms. The minimum Gasteiger partial charge on any atom is -0.496 e. The molecular formula is C20H21N5O3. The first-order valence-corrected chi connectivity index (χ1v) is 8.73. The Morgan fingerprint density at radius 3 is 2.39 bits per heavy atom. The molecular weight excluding hydrogens is 358 g/mol. The van der Waals surface area contributed by atoms with Gasteiger partial charge in [0.05, 0.1) is 13.5 Å². The highest BCUT2D eigenvalue weighted by Gasteiger charge is 2.15. The van der Waals surface area contributed by atoms with Crippen LogP contribution in [0.25, 0.3) is 0 Å². The summed E-state index contributed by atoms with van der Waals surface area (Å²) in [6.07, 6.45) is 3.08. The highest BCUT2D eigenvalue weighted by molar-refractivity contribution is 5.95. The van der Waals surface area contributed by atoms with Crippen LogP contribution in [0.4, 0.5) is 11.4 Å². The summed E-state index contributed by atoms with van der Waals surface area (Å²) in [4.78, 5) is 28.4. The van der Waals surface area contributed by atoms with Gasteiger partial charge in [0, 0.05) is 16.9 Å². The molecule has 0 saturated heterocycles. The van der Waals surface area contributed by atoms with E-state index in [1.165, 1.54) is 17.3 Å². The molecule has 1 atom stereocenters. The molecule has 0 aliphatic carbocycles. The predicted octanol–water partition coefficient (Wildman–Crippen LogP) is 2.67. The Labute approximate surface area is 162 Å². The van der Waals surface area contributed by atoms with Gasteiger partial charge in [-0.2, -0.15) is 5.10 Å². The normalized spacial score (nSPS) is 11.5. The highest BCUT2D eigenvalue weighted by atomic mass is 16.5. The summed E-state index contributed by atoms with van der Waals surface area (Å²) in [5.41, 5.74) is 2.08. The van der Waals surface area contributed by atoms with Crippen LogP contribution in [0.2, 0.25) is 0 Å². The van der Waals surface area contributed by atoms with Crippen LogP contribution in [0.3, 0.4) is 0 Å². The van der Waals surface area contributed by atoms with Crippen LogP contribution < -0.4 is 15.4 Å². The van der Waals surface area contributed by atoms with Gasteiger partial charge in [0.1, 0.15) is 24.4 Å². The number of para-hydroxylation sites is 1. The van der Waals surface area contributed by atoms with Gasteiger partial charge in [-0.1, -0.05) is 18.2 Å². The topological polar surface area (TPSA) is 98.1 Å². The Balaban J connectivity index is 1.56. The average Bonchev–Trinajstić information content (AvgIpc) is 3.24. The van der Waals surface area contributed by atoms with Gasteiger partial charge < -0.3 is 15.4 Å². The van der Waals surface area contributed by atoms with Gasteiger partial charge in [0.15, 0.2) is 0 Å². The van der Waals surface area contributed by atoms with Gasteiger partial charge in [0.25, 0.3) is 0 Å². The molecule has 8 heteroatoms. The van der Waals surface area contributed by atoms with Crippen molar-refractivity contribution < 1.29 is 14.3 Å². The molecule has 0 bridgehead atoms. The number of ether oxygens (including phenoxy) is 1. The van der Waals surface area contributed by atoms with Crippen molar-refractivity contribution in [3.8, 4) is 5.75 Å². The minimum atomic E-state index is -0.484. The van der Waals surface area contributed by atoms with Crippen molar-refractivity contribution in [1.29, 1.82) is 0 Å². The Morgan fingerprint density at radius 2 is 1.75 bits per heavy atom. The lowest BCUT2D eigenvalue weighted by Crippen LogP contribution is -2.24. The van der Waals surface area contributed by atoms with Gasteiger partial charge in [0.2, 0.25) is 11.8 Å². The molecule has 0 aliphatic rings. The van der Waals surface area contributed by atoms with Gasteiger partial charge in [-0.25, -0.2) is 9.67 Å². The first-order chi connectivity index (χ1) is 13.6. The number of methoxy groups -OCH3 is 1. The van der Waals surface area contributed by atoms with Crippen molar-refractivity contribution in [3.05, 3.63) is 66.7 Å². The van der Waals surface area contributed by atoms with Crippen molar-refractivity contribution in [3.63, 3.8) is 0 Å². The van der Waals surface area contributed by atoms with E-state index in [4.69, 9.17) is 4.74 Å². The van der Waals surface area contributed by atoms with Gasteiger partial charge in [-0.05, 0) is 37.3 Å². The van der Waals surface area contributed by atoms with Crippen molar-refractivity contribution in [2.45, 2.75) is 19.4 Å². The number of benzene rings is 2. The lowest BCUT2D eigenvalue weighted by atomic mass is 10.1. The van der Waals surface area contributed by atoms with E-state index in [9.17, 15) is 9.59 Å². The SMILES string of the molecule is COc1ccccc1CC(=O)Nc1ccc(NC(=O)C(C)n2cncn2)cc1. The Morgan fingerprint density at radius 1 is 1.07 bits per heavy atom. The number of carbonyl (C=O) groups excluding carboxylic acids is 2. The van der Waals surface area contributed by atoms with E-state index in [1.807, 2.05) is 24.3 Å². The van der Waals surface area contributed by atoms with E-state index < -0.39 is 6.04 Å². The van der Waals surface area contributed by atoms with Crippen LogP contribution in [0, 0.1) is 0 Å². The third kappa shape index (κ3) is 4.73. The summed E-state index contributed by atoms with van der Waals surface area (Å²) >= 11 is 0. The van der Waals surface area contributed by atoms with Crippen molar-refractivity contribution in [2.24, 2.45) is 0 Å². The van der Waals surface area contributed by atoms with Crippen molar-refractivity contribution in [1.82, 2.24) is 14.8 Å². The molecule has 0 aliphatic heterocycles. The second-order valence-electron chi connectivity index (χ2n) is 6.15. The van der Waals surface area contributed by atoms with E-state index in [2.05, 4.69) is 20.7 Å². The molecule has 8 nitrogen and oxygen atoms in total. The van der Waals surface area contributed by atoms with Crippen LogP contribution >= 0.6 is 0 Å². The third-order valence-electron chi connectivity index (χ3n) is 4.19. The number of hydrogen-bond donors (Lipinski definition) is 2. The zero-order chi connectivity index (χ0) is 19.9. The number of aromatic nitrogens is 3. The summed E-state index contributed by atoms with van der Waals surface area (Å²) < 4.78 is 6.74. The molecule has 3 rings (SSSR count). The van der Waals surface area contributed by atoms with Gasteiger partial charge in [-0.3, -0.25) is 9.59 Å². The second kappa shape index (κ2) is 8.81. The van der Waals surface area contributed by atoms with Crippen molar-refractivity contribution >= 4 is 23.2 Å². The number of amides is 2. The second-order valence-corrected chi connectivity index (χ2v) is 6.15. The Bertz CT molecular complexity index is 939. The maximum atomic E-state index is 12.3. The maximum Gasteiger partial charge on any atom is 0.249 e. The quantitative estimate of drug-likeness (QED) is 0.658. The molecule has 28 heavy (non-hydrogen) atoms. The number of nitrogens with one attached hydrogen (secondary N) is 2. The Hall–Kier alpha value is -3.68. The van der Waals surface area contributed by atoms with Gasteiger partial charge >= 0.3 is 0 Å². The fourth-order valence-corrected chi connectivity index (χ4v) is 2.65. The molecule has 1 unspecified atom stereocenters. The molecule has 3 aromatic rings. The molecule has 144 valence electrons.